The molecule has 0 heterocycles. The Morgan fingerprint density at radius 1 is 0.794 bits per heavy atom. The van der Waals surface area contributed by atoms with Crippen LogP contribution in [0.25, 0.3) is 23.3 Å². The molecule has 0 bridgehead atoms. The minimum Gasteiger partial charge on any atom is -0.430 e. The summed E-state index contributed by atoms with van der Waals surface area (Å²) in [6.07, 6.45) is -9.49. The Balaban J connectivity index is 1.68. The molecule has 1 unspecified atom stereocenters. The van der Waals surface area contributed by atoms with E-state index in [1.54, 1.807) is 6.08 Å². The first kappa shape index (κ1) is 25.4. The molecule has 1 atom stereocenters. The van der Waals surface area contributed by atoms with Crippen LogP contribution in [-0.4, -0.2) is 18.5 Å². The van der Waals surface area contributed by atoms with Crippen LogP contribution in [-0.2, 0) is 6.42 Å². The summed E-state index contributed by atoms with van der Waals surface area (Å²) in [5, 5.41) is 0. The predicted octanol–water partition coefficient (Wildman–Crippen LogP) is 8.66. The molecule has 0 aromatic heterocycles. The Morgan fingerprint density at radius 2 is 1.32 bits per heavy atom. The van der Waals surface area contributed by atoms with Crippen molar-refractivity contribution in [3.8, 4) is 16.9 Å². The van der Waals surface area contributed by atoms with Crippen molar-refractivity contribution in [3.05, 3.63) is 89.0 Å². The normalized spacial score (nSPS) is 13.3. The molecule has 34 heavy (non-hydrogen) atoms. The monoisotopic (exact) mass is 478 g/mol. The van der Waals surface area contributed by atoms with Gasteiger partial charge in [0.05, 0.1) is 0 Å². The van der Waals surface area contributed by atoms with Gasteiger partial charge >= 0.3 is 12.3 Å². The number of alkyl halides is 6. The van der Waals surface area contributed by atoms with Crippen molar-refractivity contribution < 1.29 is 31.1 Å². The molecule has 0 radical (unpaired) electrons. The molecule has 0 saturated heterocycles. The van der Waals surface area contributed by atoms with E-state index in [4.69, 9.17) is 0 Å². The van der Waals surface area contributed by atoms with Crippen LogP contribution in [0.4, 0.5) is 26.3 Å². The second-order valence-corrected chi connectivity index (χ2v) is 8.00. The van der Waals surface area contributed by atoms with Gasteiger partial charge in [0.1, 0.15) is 5.75 Å². The van der Waals surface area contributed by atoms with Crippen molar-refractivity contribution in [2.24, 2.45) is 0 Å². The molecule has 0 spiro atoms. The topological polar surface area (TPSA) is 9.23 Å². The van der Waals surface area contributed by atoms with Crippen LogP contribution in [0.3, 0.4) is 0 Å². The molecule has 7 heteroatoms. The fourth-order valence-electron chi connectivity index (χ4n) is 3.41. The van der Waals surface area contributed by atoms with E-state index in [0.29, 0.717) is 5.56 Å². The van der Waals surface area contributed by atoms with Crippen molar-refractivity contribution in [3.63, 3.8) is 0 Å². The van der Waals surface area contributed by atoms with Gasteiger partial charge in [-0.1, -0.05) is 80.1 Å². The fraction of sp³-hybridized carbons (Fsp3) is 0.259. The zero-order chi connectivity index (χ0) is 24.9. The van der Waals surface area contributed by atoms with Crippen molar-refractivity contribution >= 4 is 12.2 Å². The van der Waals surface area contributed by atoms with Crippen LogP contribution >= 0.6 is 0 Å². The zero-order valence-corrected chi connectivity index (χ0v) is 18.7. The predicted molar refractivity (Wildman–Crippen MR) is 123 cm³/mol. The molecule has 0 N–H and O–H groups in total. The maximum atomic E-state index is 13.5. The molecule has 0 fully saturated rings. The molecule has 0 aliphatic heterocycles. The fourth-order valence-corrected chi connectivity index (χ4v) is 3.41. The maximum absolute atomic E-state index is 13.5. The molecule has 0 aliphatic rings. The number of halogens is 6. The van der Waals surface area contributed by atoms with Gasteiger partial charge in [-0.15, -0.1) is 0 Å². The Morgan fingerprint density at radius 3 is 1.85 bits per heavy atom. The lowest BCUT2D eigenvalue weighted by molar-refractivity contribution is -0.305. The third kappa shape index (κ3) is 6.43. The summed E-state index contributed by atoms with van der Waals surface area (Å²) in [4.78, 5) is 0. The smallest absolute Gasteiger partial charge is 0.430 e. The van der Waals surface area contributed by atoms with Crippen LogP contribution in [0, 0.1) is 6.92 Å². The van der Waals surface area contributed by atoms with E-state index >= 15 is 0 Å². The molecule has 1 nitrogen and oxygen atoms in total. The number of hydrogen-bond donors (Lipinski definition) is 0. The molecular weight excluding hydrogens is 454 g/mol. The van der Waals surface area contributed by atoms with Crippen LogP contribution < -0.4 is 4.74 Å². The van der Waals surface area contributed by atoms with E-state index in [-0.39, 0.29) is 5.56 Å². The first-order chi connectivity index (χ1) is 16.0. The lowest BCUT2D eigenvalue weighted by atomic mass is 10.0. The van der Waals surface area contributed by atoms with Gasteiger partial charge in [-0.25, -0.2) is 4.39 Å². The average Bonchev–Trinajstić information content (AvgIpc) is 2.79. The summed E-state index contributed by atoms with van der Waals surface area (Å²) in [7, 11) is 0. The third-order valence-electron chi connectivity index (χ3n) is 5.23. The van der Waals surface area contributed by atoms with E-state index in [1.165, 1.54) is 24.6 Å². The summed E-state index contributed by atoms with van der Waals surface area (Å²) in [6, 6.07) is 20.2. The van der Waals surface area contributed by atoms with Gasteiger partial charge in [0.15, 0.2) is 0 Å². The number of ether oxygens (including phenoxy) is 1. The molecular formula is C27H24F6O. The highest BCUT2D eigenvalue weighted by molar-refractivity contribution is 5.72. The molecule has 0 amide bonds. The number of hydrogen-bond acceptors (Lipinski definition) is 1. The Bertz CT molecular complexity index is 1120. The SMILES string of the molecule is CCCc1ccc(-c2ccc(C=Cc3ccc(OC(F)(F)C(F)C(F)(F)F)c(C)c3)cc2)cc1. The summed E-state index contributed by atoms with van der Waals surface area (Å²) >= 11 is 0. The van der Waals surface area contributed by atoms with Gasteiger partial charge < -0.3 is 4.74 Å². The minimum absolute atomic E-state index is 0.151. The largest absolute Gasteiger partial charge is 0.439 e. The zero-order valence-electron chi connectivity index (χ0n) is 18.7. The molecule has 3 aromatic carbocycles. The Labute approximate surface area is 194 Å². The highest BCUT2D eigenvalue weighted by Gasteiger charge is 2.59. The Hall–Kier alpha value is -3.22. The highest BCUT2D eigenvalue weighted by Crippen LogP contribution is 2.37. The summed E-state index contributed by atoms with van der Waals surface area (Å²) in [5.74, 6) is -0.525. The highest BCUT2D eigenvalue weighted by atomic mass is 19.4. The number of benzene rings is 3. The van der Waals surface area contributed by atoms with Gasteiger partial charge in [-0.3, -0.25) is 0 Å². The summed E-state index contributed by atoms with van der Waals surface area (Å²) in [6.45, 7) is 3.53. The molecule has 3 aromatic rings. The first-order valence-corrected chi connectivity index (χ1v) is 10.8. The van der Waals surface area contributed by atoms with Crippen molar-refractivity contribution in [1.29, 1.82) is 0 Å². The van der Waals surface area contributed by atoms with Crippen LogP contribution in [0.15, 0.2) is 66.7 Å². The van der Waals surface area contributed by atoms with Crippen LogP contribution in [0.1, 0.15) is 35.6 Å². The average molecular weight is 478 g/mol. The molecule has 180 valence electrons. The van der Waals surface area contributed by atoms with Crippen LogP contribution in [0.2, 0.25) is 0 Å². The van der Waals surface area contributed by atoms with Gasteiger partial charge in [0, 0.05) is 0 Å². The second-order valence-electron chi connectivity index (χ2n) is 8.00. The summed E-state index contributed by atoms with van der Waals surface area (Å²) in [5.41, 5.74) is 5.16. The lowest BCUT2D eigenvalue weighted by Crippen LogP contribution is -2.45. The second kappa shape index (κ2) is 10.4. The maximum Gasteiger partial charge on any atom is 0.439 e. The van der Waals surface area contributed by atoms with E-state index in [2.05, 4.69) is 35.9 Å². The van der Waals surface area contributed by atoms with Crippen molar-refractivity contribution in [2.45, 2.75) is 45.1 Å². The minimum atomic E-state index is -5.73. The van der Waals surface area contributed by atoms with Crippen LogP contribution in [0.5, 0.6) is 5.75 Å². The van der Waals surface area contributed by atoms with Gasteiger partial charge in [0.25, 0.3) is 6.17 Å². The van der Waals surface area contributed by atoms with Gasteiger partial charge in [-0.2, -0.15) is 22.0 Å². The van der Waals surface area contributed by atoms with E-state index in [0.717, 1.165) is 35.6 Å². The Kier molecular flexibility index (Phi) is 7.75. The number of aryl methyl sites for hydroxylation is 2. The molecule has 0 aliphatic carbocycles. The molecule has 0 saturated carbocycles. The standard InChI is InChI=1S/C27H24F6O/c1-3-4-19-7-12-22(13-8-19)23-14-9-20(10-15-23)5-6-21-11-16-24(18(2)17-21)34-27(32,33)25(28)26(29,30)31/h5-17,25H,3-4H2,1-2H3. The van der Waals surface area contributed by atoms with Gasteiger partial charge in [0.2, 0.25) is 0 Å². The molecule has 3 rings (SSSR count). The lowest BCUT2D eigenvalue weighted by Gasteiger charge is -2.23. The summed E-state index contributed by atoms with van der Waals surface area (Å²) < 4.78 is 81.1. The van der Waals surface area contributed by atoms with Gasteiger partial charge in [-0.05, 0) is 58.9 Å². The van der Waals surface area contributed by atoms with Crippen molar-refractivity contribution in [2.75, 3.05) is 0 Å². The van der Waals surface area contributed by atoms with E-state index in [9.17, 15) is 26.3 Å². The number of rotatable bonds is 8. The first-order valence-electron chi connectivity index (χ1n) is 10.8. The van der Waals surface area contributed by atoms with Crippen molar-refractivity contribution in [1.82, 2.24) is 0 Å². The third-order valence-corrected chi connectivity index (χ3v) is 5.23. The quantitative estimate of drug-likeness (QED) is 0.233. The van der Waals surface area contributed by atoms with E-state index in [1.807, 2.05) is 30.3 Å². The van der Waals surface area contributed by atoms with E-state index < -0.39 is 24.2 Å².